The molecule has 68 heavy (non-hydrogen) atoms. The van der Waals surface area contributed by atoms with E-state index in [0.29, 0.717) is 38.5 Å². The van der Waals surface area contributed by atoms with E-state index in [2.05, 4.69) is 65.7 Å². The Labute approximate surface area is 432 Å². The maximum Gasteiger partial charge on any atom is 1.00 e. The van der Waals surface area contributed by atoms with Crippen LogP contribution in [-0.2, 0) is 57.5 Å². The first-order valence-corrected chi connectivity index (χ1v) is 24.3. The van der Waals surface area contributed by atoms with Crippen LogP contribution < -0.4 is 33.6 Å². The van der Waals surface area contributed by atoms with E-state index < -0.39 is 16.8 Å². The van der Waals surface area contributed by atoms with Crippen LogP contribution in [0.1, 0.15) is 117 Å². The number of nitrogens with one attached hydrogen (secondary N) is 1. The number of imidazole rings is 1. The topological polar surface area (TPSA) is 185 Å². The van der Waals surface area contributed by atoms with Gasteiger partial charge in [0.25, 0.3) is 0 Å². The van der Waals surface area contributed by atoms with Gasteiger partial charge in [0.15, 0.2) is 0 Å². The molecule has 2 N–H and O–H groups in total. The average Bonchev–Trinajstić information content (AvgIpc) is 3.85. The van der Waals surface area contributed by atoms with Crippen LogP contribution >= 0.6 is 22.6 Å². The number of aliphatic hydroxyl groups excluding tert-OH is 1. The number of aryl methyl sites for hydroxylation is 4. The van der Waals surface area contributed by atoms with Gasteiger partial charge in [-0.25, -0.2) is 34.3 Å². The maximum atomic E-state index is 12.3. The summed E-state index contributed by atoms with van der Waals surface area (Å²) in [7, 11) is 1.67. The largest absolute Gasteiger partial charge is 1.00 e. The van der Waals surface area contributed by atoms with Gasteiger partial charge >= 0.3 is 37.1 Å². The summed E-state index contributed by atoms with van der Waals surface area (Å²) in [4.78, 5) is 62.0. The number of hydrogen-bond acceptors (Lipinski definition) is 12. The molecule has 7 rings (SSSR count). The number of ether oxygens (including phenoxy) is 4. The number of fused-ring (bicyclic) bond motifs is 3. The Morgan fingerprint density at radius 1 is 0.647 bits per heavy atom. The Morgan fingerprint density at radius 3 is 1.29 bits per heavy atom. The first-order valence-electron chi connectivity index (χ1n) is 22.8. The first-order chi connectivity index (χ1) is 31.2. The van der Waals surface area contributed by atoms with Crippen molar-refractivity contribution in [1.29, 1.82) is 0 Å². The van der Waals surface area contributed by atoms with E-state index in [-0.39, 0.29) is 53.6 Å². The van der Waals surface area contributed by atoms with Crippen LogP contribution in [0.4, 0.5) is 31.8 Å². The van der Waals surface area contributed by atoms with Crippen molar-refractivity contribution in [3.05, 3.63) is 88.9 Å². The normalized spacial score (nSPS) is 13.9. The van der Waals surface area contributed by atoms with Gasteiger partial charge in [0.1, 0.15) is 34.3 Å². The van der Waals surface area contributed by atoms with E-state index in [1.165, 1.54) is 0 Å². The summed E-state index contributed by atoms with van der Waals surface area (Å²) in [6.45, 7) is 19.5. The molecule has 0 atom stereocenters. The van der Waals surface area contributed by atoms with Crippen molar-refractivity contribution in [1.82, 2.24) is 24.9 Å². The molecule has 3 amide bonds. The number of aliphatic hydroxyl groups is 1. The van der Waals surface area contributed by atoms with Crippen molar-refractivity contribution in [3.8, 4) is 0 Å². The number of nitrogens with zero attached hydrogens (tertiary/aromatic N) is 7. The molecular weight excluding hydrogens is 973 g/mol. The molecule has 367 valence electrons. The van der Waals surface area contributed by atoms with Gasteiger partial charge in [-0.15, -0.1) is 0 Å². The summed E-state index contributed by atoms with van der Waals surface area (Å²) in [5.41, 5.74) is 4.58. The van der Waals surface area contributed by atoms with Crippen LogP contribution in [0.3, 0.4) is 0 Å². The van der Waals surface area contributed by atoms with Crippen molar-refractivity contribution in [2.75, 3.05) is 59.1 Å². The minimum Gasteiger partial charge on any atom is -1.00 e. The van der Waals surface area contributed by atoms with Crippen LogP contribution in [0.15, 0.2) is 55.1 Å². The molecule has 19 heteroatoms. The third-order valence-electron chi connectivity index (χ3n) is 9.82. The van der Waals surface area contributed by atoms with Crippen molar-refractivity contribution in [3.63, 3.8) is 0 Å². The number of amides is 3. The number of pyridine rings is 3. The Hall–Kier alpha value is -4.22. The Bertz CT molecular complexity index is 2060. The van der Waals surface area contributed by atoms with E-state index in [0.717, 1.165) is 101 Å². The number of carbonyl (C=O) groups excluding carboxylic acids is 3. The molecule has 4 aromatic rings. The average molecular weight is 1050 g/mol. The monoisotopic (exact) mass is 1050 g/mol. The number of aromatic amines is 1. The first kappa shape index (κ1) is 59.9. The van der Waals surface area contributed by atoms with Gasteiger partial charge in [-0.05, 0) is 142 Å². The van der Waals surface area contributed by atoms with Gasteiger partial charge in [-0.1, -0.05) is 40.8 Å². The second-order valence-electron chi connectivity index (χ2n) is 19.0. The molecule has 0 aliphatic carbocycles. The Kier molecular flexibility index (Phi) is 25.1. The standard InChI is InChI=1S/C16H24N2O3.C15H21IN2O2.C15H22N2O3.C3H4N2.B.Li.H/c1-16(2,3)21-15(19)18-10-5-6-12-7-8-13(9-11-20-4)17-14(12)18;1-15(2,3)20-14(19)18-10-4-5-11-6-7-12(8-9-16)17-13(11)18;1-15(2,3)20-14(19)17-9-4-5-11-6-7-12(8-10-18)16-13(11)17;1-2-5-3-4-1;;;/h7-8H,5-6,9-11H2,1-4H3;6-7H,4-5,8-10H2,1-3H3;6-7,18H,4-5,8-10H2,1-3H3;1-3H,(H,4,5);;;/q;;;;;+1;-1. The summed E-state index contributed by atoms with van der Waals surface area (Å²) in [6, 6.07) is 12.1. The molecule has 0 saturated heterocycles. The van der Waals surface area contributed by atoms with Crippen LogP contribution in [0.5, 0.6) is 0 Å². The predicted molar refractivity (Wildman–Crippen MR) is 273 cm³/mol. The second kappa shape index (κ2) is 28.4. The number of hydrogen-bond donors (Lipinski definition) is 2. The predicted octanol–water partition coefficient (Wildman–Crippen LogP) is 6.15. The second-order valence-corrected chi connectivity index (χ2v) is 20.1. The van der Waals surface area contributed by atoms with Crippen LogP contribution in [0.25, 0.3) is 0 Å². The van der Waals surface area contributed by atoms with Gasteiger partial charge in [-0.3, -0.25) is 14.7 Å². The molecule has 0 unspecified atom stereocenters. The van der Waals surface area contributed by atoms with E-state index in [1.807, 2.05) is 80.5 Å². The smallest absolute Gasteiger partial charge is 1.00 e. The van der Waals surface area contributed by atoms with E-state index in [1.54, 1.807) is 40.5 Å². The van der Waals surface area contributed by atoms with E-state index in [4.69, 9.17) is 24.1 Å². The van der Waals surface area contributed by atoms with Crippen molar-refractivity contribution in [2.24, 2.45) is 0 Å². The molecule has 3 aliphatic heterocycles. The zero-order chi connectivity index (χ0) is 48.5. The number of H-pyrrole nitrogens is 1. The van der Waals surface area contributed by atoms with Gasteiger partial charge in [-0.2, -0.15) is 0 Å². The molecule has 3 aliphatic rings. The minimum absolute atomic E-state index is 0. The van der Waals surface area contributed by atoms with Crippen molar-refractivity contribution < 1.29 is 58.7 Å². The number of halogens is 1. The quantitative estimate of drug-likeness (QED) is 0.0933. The van der Waals surface area contributed by atoms with Gasteiger partial charge in [0.2, 0.25) is 0 Å². The summed E-state index contributed by atoms with van der Waals surface area (Å²) in [5.74, 6) is 2.20. The van der Waals surface area contributed by atoms with Crippen LogP contribution in [0, 0.1) is 0 Å². The van der Waals surface area contributed by atoms with Crippen LogP contribution in [0.2, 0.25) is 0 Å². The maximum absolute atomic E-state index is 12.3. The summed E-state index contributed by atoms with van der Waals surface area (Å²) in [5, 5.41) is 9.01. The Morgan fingerprint density at radius 2 is 1.01 bits per heavy atom. The molecule has 4 aromatic heterocycles. The molecule has 7 heterocycles. The fraction of sp³-hybridized carbons (Fsp3) is 0.571. The SMILES string of the molecule is CC(C)(C)OC(=O)N1CCCc2ccc(CCI)nc21.CC(C)(C)OC(=O)N1CCCc2ccc(CCO)nc21.COCCc1ccc2c(n1)N(C(=O)OC(C)(C)C)CCC2.[B].[H-].[Li+].c1c[nH]cn1. The molecule has 16 nitrogen and oxygen atoms in total. The van der Waals surface area contributed by atoms with Crippen LogP contribution in [-0.4, -0.2) is 118 Å². The summed E-state index contributed by atoms with van der Waals surface area (Å²) < 4.78 is 22.5. The van der Waals surface area contributed by atoms with Gasteiger partial charge < -0.3 is 30.5 Å². The molecule has 0 aromatic carbocycles. The molecule has 0 spiro atoms. The number of carbonyl (C=O) groups is 3. The Balaban J connectivity index is 0.000000481. The van der Waals surface area contributed by atoms with E-state index in [9.17, 15) is 14.4 Å². The molecule has 0 fully saturated rings. The van der Waals surface area contributed by atoms with Gasteiger partial charge in [0.05, 0.1) is 12.9 Å². The number of alkyl halides is 1. The van der Waals surface area contributed by atoms with Crippen molar-refractivity contribution >= 4 is 66.7 Å². The third kappa shape index (κ3) is 20.0. The summed E-state index contributed by atoms with van der Waals surface area (Å²) in [6.07, 6.45) is 11.9. The number of rotatable bonds is 7. The van der Waals surface area contributed by atoms with Gasteiger partial charge in [0, 0.05) is 88.5 Å². The summed E-state index contributed by atoms with van der Waals surface area (Å²) >= 11 is 2.34. The number of anilines is 3. The molecule has 0 saturated carbocycles. The molecular formula is C49H72BILiN8O8. The third-order valence-corrected chi connectivity index (χ3v) is 10.4. The molecule has 0 bridgehead atoms. The zero-order valence-electron chi connectivity index (χ0n) is 43.2. The fourth-order valence-corrected chi connectivity index (χ4v) is 7.52. The molecule has 3 radical (unpaired) electrons. The fourth-order valence-electron chi connectivity index (χ4n) is 6.97. The number of aromatic nitrogens is 5. The number of methoxy groups -OCH3 is 1. The van der Waals surface area contributed by atoms with Crippen molar-refractivity contribution in [2.45, 2.75) is 137 Å². The minimum atomic E-state index is -0.516. The zero-order valence-corrected chi connectivity index (χ0v) is 44.4. The van der Waals surface area contributed by atoms with E-state index >= 15 is 0 Å².